The molecule has 0 fully saturated rings. The van der Waals surface area contributed by atoms with Crippen LogP contribution in [0.5, 0.6) is 0 Å². The Balaban J connectivity index is 2.55. The molecule has 0 aromatic heterocycles. The highest BCUT2D eigenvalue weighted by molar-refractivity contribution is 5.79. The molecule has 2 N–H and O–H groups in total. The molecular weight excluding hydrogens is 236 g/mol. The second kappa shape index (κ2) is 7.63. The summed E-state index contributed by atoms with van der Waals surface area (Å²) in [5, 5.41) is 6.17. The first kappa shape index (κ1) is 14.4. The van der Waals surface area contributed by atoms with Crippen molar-refractivity contribution in [2.75, 3.05) is 19.6 Å². The molecule has 0 heterocycles. The van der Waals surface area contributed by atoms with E-state index in [0.29, 0.717) is 18.5 Å². The molecule has 0 radical (unpaired) electrons. The summed E-state index contributed by atoms with van der Waals surface area (Å²) >= 11 is 0. The van der Waals surface area contributed by atoms with Crippen molar-refractivity contribution in [2.45, 2.75) is 20.3 Å². The average molecular weight is 255 g/mol. The van der Waals surface area contributed by atoms with Crippen LogP contribution in [0.25, 0.3) is 0 Å². The fourth-order valence-electron chi connectivity index (χ4n) is 1.56. The van der Waals surface area contributed by atoms with E-state index in [-0.39, 0.29) is 0 Å². The lowest BCUT2D eigenvalue weighted by Crippen LogP contribution is -2.37. The minimum atomic E-state index is -0.549. The van der Waals surface area contributed by atoms with Gasteiger partial charge in [-0.15, -0.1) is 0 Å². The van der Waals surface area contributed by atoms with Crippen LogP contribution in [0.1, 0.15) is 19.4 Å². The number of nitrogens with zero attached hydrogens (tertiary/aromatic N) is 1. The van der Waals surface area contributed by atoms with Crippen LogP contribution in [0.2, 0.25) is 0 Å². The van der Waals surface area contributed by atoms with Crippen molar-refractivity contribution in [1.82, 2.24) is 10.6 Å². The summed E-state index contributed by atoms with van der Waals surface area (Å²) in [5.41, 5.74) is 0.614. The van der Waals surface area contributed by atoms with Crippen LogP contribution < -0.4 is 10.6 Å². The lowest BCUT2D eigenvalue weighted by Gasteiger charge is -2.09. The van der Waals surface area contributed by atoms with Gasteiger partial charge in [0.2, 0.25) is 0 Å². The van der Waals surface area contributed by atoms with Crippen molar-refractivity contribution in [3.8, 4) is 0 Å². The molecule has 0 atom stereocenters. The third-order valence-corrected chi connectivity index (χ3v) is 2.28. The van der Waals surface area contributed by atoms with Crippen LogP contribution in [0.15, 0.2) is 23.2 Å². The molecule has 5 heteroatoms. The second-order valence-corrected chi connectivity index (χ2v) is 3.82. The third-order valence-electron chi connectivity index (χ3n) is 2.28. The monoisotopic (exact) mass is 255 g/mol. The minimum absolute atomic E-state index is 0.484. The molecule has 0 unspecified atom stereocenters. The van der Waals surface area contributed by atoms with Crippen molar-refractivity contribution in [2.24, 2.45) is 4.99 Å². The maximum Gasteiger partial charge on any atom is 0.191 e. The van der Waals surface area contributed by atoms with Crippen molar-refractivity contribution in [3.63, 3.8) is 0 Å². The van der Waals surface area contributed by atoms with Gasteiger partial charge in [-0.2, -0.15) is 0 Å². The molecule has 0 bridgehead atoms. The Bertz CT molecular complexity index is 377. The van der Waals surface area contributed by atoms with E-state index in [0.717, 1.165) is 25.1 Å². The molecule has 0 saturated heterocycles. The largest absolute Gasteiger partial charge is 0.357 e. The number of benzene rings is 1. The van der Waals surface area contributed by atoms with Crippen molar-refractivity contribution >= 4 is 5.96 Å². The molecule has 18 heavy (non-hydrogen) atoms. The normalized spacial score (nSPS) is 10.0. The predicted octanol–water partition coefficient (Wildman–Crippen LogP) is 2.08. The Hall–Kier alpha value is -1.65. The molecule has 0 aliphatic rings. The summed E-state index contributed by atoms with van der Waals surface area (Å²) in [7, 11) is 0. The molecule has 0 amide bonds. The maximum absolute atomic E-state index is 13.0. The van der Waals surface area contributed by atoms with Crippen LogP contribution >= 0.6 is 0 Å². The van der Waals surface area contributed by atoms with Gasteiger partial charge in [-0.05, 0) is 38.0 Å². The quantitative estimate of drug-likeness (QED) is 0.624. The van der Waals surface area contributed by atoms with Crippen LogP contribution in [0, 0.1) is 11.6 Å². The van der Waals surface area contributed by atoms with Crippen LogP contribution in [0.3, 0.4) is 0 Å². The average Bonchev–Trinajstić information content (AvgIpc) is 2.28. The topological polar surface area (TPSA) is 36.4 Å². The number of aliphatic imine (C=N–C) groups is 1. The van der Waals surface area contributed by atoms with Gasteiger partial charge in [0.05, 0.1) is 0 Å². The van der Waals surface area contributed by atoms with Gasteiger partial charge in [0.15, 0.2) is 5.96 Å². The lowest BCUT2D eigenvalue weighted by molar-refractivity contribution is 0.579. The van der Waals surface area contributed by atoms with Gasteiger partial charge in [-0.3, -0.25) is 4.99 Å². The summed E-state index contributed by atoms with van der Waals surface area (Å²) < 4.78 is 25.9. The maximum atomic E-state index is 13.0. The molecule has 100 valence electrons. The van der Waals surface area contributed by atoms with Crippen LogP contribution in [-0.2, 0) is 6.42 Å². The van der Waals surface area contributed by atoms with Crippen molar-refractivity contribution in [1.29, 1.82) is 0 Å². The Kier molecular flexibility index (Phi) is 6.11. The van der Waals surface area contributed by atoms with Crippen LogP contribution in [-0.4, -0.2) is 25.6 Å². The van der Waals surface area contributed by atoms with Gasteiger partial charge in [0, 0.05) is 25.7 Å². The molecular formula is C13H19F2N3. The molecule has 1 aromatic carbocycles. The van der Waals surface area contributed by atoms with E-state index in [4.69, 9.17) is 0 Å². The van der Waals surface area contributed by atoms with E-state index < -0.39 is 11.6 Å². The first-order valence-electron chi connectivity index (χ1n) is 6.12. The third kappa shape index (κ3) is 5.12. The van der Waals surface area contributed by atoms with E-state index >= 15 is 0 Å². The zero-order valence-electron chi connectivity index (χ0n) is 10.8. The van der Waals surface area contributed by atoms with Gasteiger partial charge in [-0.1, -0.05) is 0 Å². The fraction of sp³-hybridized carbons (Fsp3) is 0.462. The molecule has 3 nitrogen and oxygen atoms in total. The van der Waals surface area contributed by atoms with E-state index in [1.807, 2.05) is 13.8 Å². The summed E-state index contributed by atoms with van der Waals surface area (Å²) in [5.74, 6) is -0.378. The standard InChI is InChI=1S/C13H19F2N3/c1-3-16-13(17-4-2)18-6-5-10-7-11(14)9-12(15)8-10/h7-9H,3-6H2,1-2H3,(H2,16,17,18). The summed E-state index contributed by atoms with van der Waals surface area (Å²) in [6, 6.07) is 3.53. The zero-order valence-corrected chi connectivity index (χ0v) is 10.8. The van der Waals surface area contributed by atoms with Gasteiger partial charge < -0.3 is 10.6 Å². The number of nitrogens with one attached hydrogen (secondary N) is 2. The predicted molar refractivity (Wildman–Crippen MR) is 69.7 cm³/mol. The Labute approximate surface area is 106 Å². The highest BCUT2D eigenvalue weighted by Crippen LogP contribution is 2.08. The van der Waals surface area contributed by atoms with E-state index in [1.54, 1.807) is 0 Å². The number of halogens is 2. The van der Waals surface area contributed by atoms with Gasteiger partial charge in [0.25, 0.3) is 0 Å². The van der Waals surface area contributed by atoms with Crippen molar-refractivity contribution < 1.29 is 8.78 Å². The molecule has 1 aromatic rings. The van der Waals surface area contributed by atoms with Gasteiger partial charge in [-0.25, -0.2) is 8.78 Å². The van der Waals surface area contributed by atoms with Crippen LogP contribution in [0.4, 0.5) is 8.78 Å². The van der Waals surface area contributed by atoms with Gasteiger partial charge >= 0.3 is 0 Å². The molecule has 0 spiro atoms. The lowest BCUT2D eigenvalue weighted by atomic mass is 10.1. The zero-order chi connectivity index (χ0) is 13.4. The molecule has 0 saturated carbocycles. The van der Waals surface area contributed by atoms with Gasteiger partial charge in [0.1, 0.15) is 11.6 Å². The summed E-state index contributed by atoms with van der Waals surface area (Å²) in [6.45, 7) is 6.00. The molecule has 1 rings (SSSR count). The first-order valence-corrected chi connectivity index (χ1v) is 6.12. The molecule has 0 aliphatic carbocycles. The Morgan fingerprint density at radius 3 is 2.11 bits per heavy atom. The number of hydrogen-bond donors (Lipinski definition) is 2. The second-order valence-electron chi connectivity index (χ2n) is 3.82. The number of hydrogen-bond acceptors (Lipinski definition) is 1. The number of guanidine groups is 1. The molecule has 0 aliphatic heterocycles. The Morgan fingerprint density at radius 2 is 1.61 bits per heavy atom. The highest BCUT2D eigenvalue weighted by Gasteiger charge is 2.00. The smallest absolute Gasteiger partial charge is 0.191 e. The highest BCUT2D eigenvalue weighted by atomic mass is 19.1. The fourth-order valence-corrected chi connectivity index (χ4v) is 1.56. The summed E-state index contributed by atoms with van der Waals surface area (Å²) in [6.07, 6.45) is 0.509. The van der Waals surface area contributed by atoms with E-state index in [2.05, 4.69) is 15.6 Å². The van der Waals surface area contributed by atoms with E-state index in [9.17, 15) is 8.78 Å². The Morgan fingerprint density at radius 1 is 1.06 bits per heavy atom. The first-order chi connectivity index (χ1) is 8.65. The number of rotatable bonds is 5. The SMILES string of the molecule is CCNC(=NCCc1cc(F)cc(F)c1)NCC. The summed E-state index contributed by atoms with van der Waals surface area (Å²) in [4.78, 5) is 4.31. The van der Waals surface area contributed by atoms with E-state index in [1.165, 1.54) is 12.1 Å². The minimum Gasteiger partial charge on any atom is -0.357 e. The van der Waals surface area contributed by atoms with Crippen molar-refractivity contribution in [3.05, 3.63) is 35.4 Å².